The Bertz CT molecular complexity index is 655. The van der Waals surface area contributed by atoms with Crippen molar-refractivity contribution in [3.63, 3.8) is 0 Å². The molecule has 6 nitrogen and oxygen atoms in total. The third-order valence-electron chi connectivity index (χ3n) is 2.31. The highest BCUT2D eigenvalue weighted by Gasteiger charge is 2.09. The quantitative estimate of drug-likeness (QED) is 0.879. The normalized spacial score (nSPS) is 10.4. The van der Waals surface area contributed by atoms with Crippen molar-refractivity contribution >= 4 is 40.5 Å². The number of hydrogen-bond acceptors (Lipinski definition) is 5. The minimum absolute atomic E-state index is 0.168. The molecule has 0 bridgehead atoms. The summed E-state index contributed by atoms with van der Waals surface area (Å²) in [5, 5.41) is 10.9. The molecule has 0 aliphatic carbocycles. The number of aromatic nitrogens is 3. The van der Waals surface area contributed by atoms with E-state index in [0.29, 0.717) is 15.7 Å². The predicted octanol–water partition coefficient (Wildman–Crippen LogP) is 1.81. The zero-order chi connectivity index (χ0) is 13.3. The molecule has 0 aliphatic heterocycles. The van der Waals surface area contributed by atoms with Crippen molar-refractivity contribution in [2.45, 2.75) is 0 Å². The topological polar surface area (TPSA) is 85.8 Å². The molecule has 0 aliphatic rings. The summed E-state index contributed by atoms with van der Waals surface area (Å²) in [4.78, 5) is 11.2. The zero-order valence-corrected chi connectivity index (χ0v) is 10.8. The van der Waals surface area contributed by atoms with Crippen LogP contribution < -0.4 is 16.7 Å². The molecule has 18 heavy (non-hydrogen) atoms. The van der Waals surface area contributed by atoms with Gasteiger partial charge >= 0.3 is 5.69 Å². The van der Waals surface area contributed by atoms with Crippen molar-refractivity contribution in [1.29, 1.82) is 0 Å². The molecule has 0 fully saturated rings. The number of anilines is 3. The zero-order valence-electron chi connectivity index (χ0n) is 9.32. The van der Waals surface area contributed by atoms with E-state index in [0.717, 1.165) is 0 Å². The molecule has 0 amide bonds. The van der Waals surface area contributed by atoms with Crippen LogP contribution >= 0.6 is 23.2 Å². The van der Waals surface area contributed by atoms with Crippen molar-refractivity contribution in [2.75, 3.05) is 11.1 Å². The van der Waals surface area contributed by atoms with Crippen LogP contribution in [0, 0.1) is 0 Å². The highest BCUT2D eigenvalue weighted by atomic mass is 35.5. The Morgan fingerprint density at radius 1 is 1.33 bits per heavy atom. The molecule has 3 N–H and O–H groups in total. The van der Waals surface area contributed by atoms with Gasteiger partial charge in [-0.25, -0.2) is 4.79 Å². The molecule has 0 radical (unpaired) electrons. The van der Waals surface area contributed by atoms with Crippen molar-refractivity contribution in [2.24, 2.45) is 7.05 Å². The van der Waals surface area contributed by atoms with E-state index >= 15 is 0 Å². The van der Waals surface area contributed by atoms with Crippen LogP contribution in [0.3, 0.4) is 0 Å². The Kier molecular flexibility index (Phi) is 3.40. The molecule has 94 valence electrons. The number of benzene rings is 1. The first-order valence-electron chi connectivity index (χ1n) is 4.90. The van der Waals surface area contributed by atoms with Gasteiger partial charge in [0.05, 0.1) is 10.7 Å². The number of nitrogen functional groups attached to an aromatic ring is 1. The standard InChI is InChI=1S/C10H9Cl2N5O/c1-17-8(13)9(15-16-10(17)18)14-7-3-2-5(11)4-6(7)12/h2-4,14H,13H2,1H3. The third kappa shape index (κ3) is 2.39. The molecule has 0 unspecified atom stereocenters. The van der Waals surface area contributed by atoms with Gasteiger partial charge in [0.15, 0.2) is 11.6 Å². The molecule has 0 atom stereocenters. The molecule has 1 heterocycles. The molecule has 1 aromatic heterocycles. The molecule has 0 saturated heterocycles. The minimum atomic E-state index is -0.528. The third-order valence-corrected chi connectivity index (χ3v) is 2.86. The Labute approximate surface area is 112 Å². The summed E-state index contributed by atoms with van der Waals surface area (Å²) in [5.41, 5.74) is 5.78. The van der Waals surface area contributed by atoms with Gasteiger partial charge in [-0.05, 0) is 18.2 Å². The van der Waals surface area contributed by atoms with Crippen LogP contribution in [-0.4, -0.2) is 14.8 Å². The first-order valence-corrected chi connectivity index (χ1v) is 5.66. The van der Waals surface area contributed by atoms with Crippen LogP contribution in [0.2, 0.25) is 10.0 Å². The highest BCUT2D eigenvalue weighted by molar-refractivity contribution is 6.36. The fourth-order valence-electron chi connectivity index (χ4n) is 1.28. The first-order chi connectivity index (χ1) is 8.49. The second kappa shape index (κ2) is 4.83. The maximum absolute atomic E-state index is 11.2. The van der Waals surface area contributed by atoms with Crippen molar-refractivity contribution in [3.05, 3.63) is 38.7 Å². The lowest BCUT2D eigenvalue weighted by molar-refractivity contribution is 0.775. The Balaban J connectivity index is 2.40. The average molecular weight is 286 g/mol. The maximum Gasteiger partial charge on any atom is 0.367 e. The Hall–Kier alpha value is -1.79. The van der Waals surface area contributed by atoms with E-state index in [4.69, 9.17) is 28.9 Å². The van der Waals surface area contributed by atoms with Gasteiger partial charge < -0.3 is 11.1 Å². The second-order valence-corrected chi connectivity index (χ2v) is 4.37. The smallest absolute Gasteiger partial charge is 0.367 e. The SMILES string of the molecule is Cn1c(N)c(Nc2ccc(Cl)cc2Cl)nnc1=O. The van der Waals surface area contributed by atoms with Gasteiger partial charge in [0.1, 0.15) is 0 Å². The van der Waals surface area contributed by atoms with Crippen molar-refractivity contribution in [3.8, 4) is 0 Å². The van der Waals surface area contributed by atoms with Crippen LogP contribution in [0.25, 0.3) is 0 Å². The van der Waals surface area contributed by atoms with Gasteiger partial charge in [0.25, 0.3) is 0 Å². The molecule has 1 aromatic carbocycles. The summed E-state index contributed by atoms with van der Waals surface area (Å²) in [6, 6.07) is 4.93. The molecule has 8 heteroatoms. The van der Waals surface area contributed by atoms with Crippen LogP contribution in [0.5, 0.6) is 0 Å². The largest absolute Gasteiger partial charge is 0.382 e. The lowest BCUT2D eigenvalue weighted by Gasteiger charge is -2.10. The predicted molar refractivity (Wildman–Crippen MR) is 71.4 cm³/mol. The van der Waals surface area contributed by atoms with Gasteiger partial charge in [0.2, 0.25) is 0 Å². The van der Waals surface area contributed by atoms with E-state index in [-0.39, 0.29) is 11.6 Å². The molecule has 0 spiro atoms. The summed E-state index contributed by atoms with van der Waals surface area (Å²) in [5.74, 6) is 0.419. The number of nitrogens with zero attached hydrogens (tertiary/aromatic N) is 3. The van der Waals surface area contributed by atoms with Gasteiger partial charge in [-0.3, -0.25) is 4.57 Å². The van der Waals surface area contributed by atoms with E-state index < -0.39 is 5.69 Å². The summed E-state index contributed by atoms with van der Waals surface area (Å²) < 4.78 is 1.18. The first kappa shape index (κ1) is 12.7. The van der Waals surface area contributed by atoms with Gasteiger partial charge in [0, 0.05) is 12.1 Å². The Morgan fingerprint density at radius 2 is 2.06 bits per heavy atom. The summed E-state index contributed by atoms with van der Waals surface area (Å²) in [6.45, 7) is 0. The molecule has 0 saturated carbocycles. The van der Waals surface area contributed by atoms with Crippen molar-refractivity contribution < 1.29 is 0 Å². The fourth-order valence-corrected chi connectivity index (χ4v) is 1.74. The summed E-state index contributed by atoms with van der Waals surface area (Å²) in [6.07, 6.45) is 0. The monoisotopic (exact) mass is 285 g/mol. The summed E-state index contributed by atoms with van der Waals surface area (Å²) in [7, 11) is 1.50. The van der Waals surface area contributed by atoms with Crippen LogP contribution in [0.15, 0.2) is 23.0 Å². The van der Waals surface area contributed by atoms with Gasteiger partial charge in [-0.1, -0.05) is 28.3 Å². The van der Waals surface area contributed by atoms with Gasteiger partial charge in [-0.15, -0.1) is 5.10 Å². The molecular weight excluding hydrogens is 277 g/mol. The van der Waals surface area contributed by atoms with Gasteiger partial charge in [-0.2, -0.15) is 0 Å². The lowest BCUT2D eigenvalue weighted by atomic mass is 10.3. The van der Waals surface area contributed by atoms with E-state index in [1.165, 1.54) is 11.6 Å². The minimum Gasteiger partial charge on any atom is -0.382 e. The summed E-state index contributed by atoms with van der Waals surface area (Å²) >= 11 is 11.8. The van der Waals surface area contributed by atoms with Crippen LogP contribution in [0.4, 0.5) is 17.3 Å². The Morgan fingerprint density at radius 3 is 2.72 bits per heavy atom. The number of halogens is 2. The maximum atomic E-state index is 11.2. The second-order valence-electron chi connectivity index (χ2n) is 3.52. The molecule has 2 rings (SSSR count). The van der Waals surface area contributed by atoms with Crippen molar-refractivity contribution in [1.82, 2.24) is 14.8 Å². The van der Waals surface area contributed by atoms with E-state index in [1.54, 1.807) is 18.2 Å². The van der Waals surface area contributed by atoms with E-state index in [9.17, 15) is 4.79 Å². The van der Waals surface area contributed by atoms with E-state index in [2.05, 4.69) is 15.5 Å². The molecule has 2 aromatic rings. The number of rotatable bonds is 2. The number of hydrogen-bond donors (Lipinski definition) is 2. The number of nitrogens with two attached hydrogens (primary N) is 1. The average Bonchev–Trinajstić information content (AvgIpc) is 2.33. The van der Waals surface area contributed by atoms with Crippen LogP contribution in [0.1, 0.15) is 0 Å². The number of nitrogens with one attached hydrogen (secondary N) is 1. The molecular formula is C10H9Cl2N5O. The van der Waals surface area contributed by atoms with E-state index in [1.807, 2.05) is 0 Å². The highest BCUT2D eigenvalue weighted by Crippen LogP contribution is 2.28. The lowest BCUT2D eigenvalue weighted by Crippen LogP contribution is -2.25. The van der Waals surface area contributed by atoms with Crippen LogP contribution in [-0.2, 0) is 7.05 Å². The fraction of sp³-hybridized carbons (Fsp3) is 0.100.